The quantitative estimate of drug-likeness (QED) is 0.470. The first-order valence-corrected chi connectivity index (χ1v) is 11.6. The molecule has 1 amide bonds. The Kier molecular flexibility index (Phi) is 6.00. The third-order valence-electron chi connectivity index (χ3n) is 6.64. The molecule has 4 heterocycles. The molecule has 0 aliphatic heterocycles. The van der Waals surface area contributed by atoms with Crippen molar-refractivity contribution in [2.24, 2.45) is 0 Å². The van der Waals surface area contributed by atoms with Gasteiger partial charge in [-0.05, 0) is 56.3 Å². The van der Waals surface area contributed by atoms with Crippen LogP contribution < -0.4 is 10.9 Å². The van der Waals surface area contributed by atoms with Crippen molar-refractivity contribution in [2.75, 3.05) is 20.1 Å². The van der Waals surface area contributed by atoms with E-state index in [-0.39, 0.29) is 23.8 Å². The number of rotatable bonds is 7. The van der Waals surface area contributed by atoms with E-state index in [4.69, 9.17) is 4.42 Å². The molecule has 0 atom stereocenters. The summed E-state index contributed by atoms with van der Waals surface area (Å²) in [6, 6.07) is 11.4. The lowest BCUT2D eigenvalue weighted by atomic mass is 9.94. The van der Waals surface area contributed by atoms with Gasteiger partial charge in [-0.15, -0.1) is 0 Å². The fourth-order valence-corrected chi connectivity index (χ4v) is 4.81. The highest BCUT2D eigenvalue weighted by Gasteiger charge is 2.19. The van der Waals surface area contributed by atoms with Gasteiger partial charge in [-0.1, -0.05) is 19.3 Å². The largest absolute Gasteiger partial charge is 0.454 e. The van der Waals surface area contributed by atoms with Gasteiger partial charge in [0.25, 0.3) is 11.5 Å². The van der Waals surface area contributed by atoms with Crippen LogP contribution in [-0.2, 0) is 6.54 Å². The van der Waals surface area contributed by atoms with Crippen molar-refractivity contribution < 1.29 is 9.21 Å². The molecule has 1 saturated carbocycles. The summed E-state index contributed by atoms with van der Waals surface area (Å²) in [5, 5.41) is 2.95. The van der Waals surface area contributed by atoms with Crippen LogP contribution in [-0.4, -0.2) is 50.9 Å². The summed E-state index contributed by atoms with van der Waals surface area (Å²) in [6.45, 7) is 1.58. The molecule has 8 nitrogen and oxygen atoms in total. The number of furan rings is 1. The minimum atomic E-state index is -0.240. The fourth-order valence-electron chi connectivity index (χ4n) is 4.81. The topological polar surface area (TPSA) is 84.8 Å². The van der Waals surface area contributed by atoms with Crippen molar-refractivity contribution in [1.29, 1.82) is 0 Å². The number of nitrogens with zero attached hydrogens (tertiary/aromatic N) is 4. The molecule has 33 heavy (non-hydrogen) atoms. The second-order valence-corrected chi connectivity index (χ2v) is 8.80. The Morgan fingerprint density at radius 2 is 1.97 bits per heavy atom. The Labute approximate surface area is 191 Å². The Balaban J connectivity index is 1.27. The summed E-state index contributed by atoms with van der Waals surface area (Å²) in [6.07, 6.45) is 9.92. The van der Waals surface area contributed by atoms with Gasteiger partial charge in [-0.25, -0.2) is 4.98 Å². The maximum atomic E-state index is 13.1. The second-order valence-electron chi connectivity index (χ2n) is 8.80. The van der Waals surface area contributed by atoms with Gasteiger partial charge < -0.3 is 19.0 Å². The molecule has 0 saturated heterocycles. The average molecular weight is 448 g/mol. The summed E-state index contributed by atoms with van der Waals surface area (Å²) in [5.74, 6) is 0.541. The molecule has 5 rings (SSSR count). The van der Waals surface area contributed by atoms with E-state index in [9.17, 15) is 9.59 Å². The number of carbonyl (C=O) groups is 1. The van der Waals surface area contributed by atoms with Gasteiger partial charge in [0.1, 0.15) is 11.3 Å². The van der Waals surface area contributed by atoms with Crippen molar-refractivity contribution in [1.82, 2.24) is 24.2 Å². The smallest absolute Gasteiger partial charge is 0.287 e. The molecule has 0 spiro atoms. The molecule has 0 unspecified atom stereocenters. The molecule has 1 fully saturated rings. The van der Waals surface area contributed by atoms with Crippen LogP contribution in [0.1, 0.15) is 48.4 Å². The van der Waals surface area contributed by atoms with Crippen molar-refractivity contribution in [2.45, 2.75) is 44.7 Å². The van der Waals surface area contributed by atoms with Gasteiger partial charge in [0.15, 0.2) is 11.4 Å². The molecular formula is C25H29N5O3. The minimum Gasteiger partial charge on any atom is -0.454 e. The van der Waals surface area contributed by atoms with Crippen LogP contribution in [0.5, 0.6) is 0 Å². The summed E-state index contributed by atoms with van der Waals surface area (Å²) in [7, 11) is 2.13. The first-order valence-electron chi connectivity index (χ1n) is 11.6. The summed E-state index contributed by atoms with van der Waals surface area (Å²) in [4.78, 5) is 32.4. The van der Waals surface area contributed by atoms with Gasteiger partial charge in [-0.2, -0.15) is 0 Å². The number of likely N-dealkylation sites (N-methyl/N-ethyl adjacent to an activating group) is 1. The minimum absolute atomic E-state index is 0.153. The normalized spacial score (nSPS) is 15.0. The van der Waals surface area contributed by atoms with Crippen molar-refractivity contribution in [3.05, 3.63) is 70.7 Å². The molecule has 172 valence electrons. The van der Waals surface area contributed by atoms with E-state index in [1.54, 1.807) is 29.0 Å². The molecule has 1 N–H and O–H groups in total. The fraction of sp³-hybridized carbons (Fsp3) is 0.400. The molecule has 1 aliphatic carbocycles. The highest BCUT2D eigenvalue weighted by atomic mass is 16.4. The maximum Gasteiger partial charge on any atom is 0.287 e. The lowest BCUT2D eigenvalue weighted by Crippen LogP contribution is -2.39. The van der Waals surface area contributed by atoms with Crippen LogP contribution in [0.2, 0.25) is 0 Å². The van der Waals surface area contributed by atoms with Crippen molar-refractivity contribution in [3.8, 4) is 0 Å². The van der Waals surface area contributed by atoms with E-state index in [1.807, 2.05) is 28.8 Å². The number of carbonyl (C=O) groups excluding carboxylic acids is 1. The molecule has 0 bridgehead atoms. The maximum absolute atomic E-state index is 13.1. The summed E-state index contributed by atoms with van der Waals surface area (Å²) < 4.78 is 9.23. The van der Waals surface area contributed by atoms with E-state index in [0.29, 0.717) is 29.5 Å². The first kappa shape index (κ1) is 21.5. The third-order valence-corrected chi connectivity index (χ3v) is 6.64. The highest BCUT2D eigenvalue weighted by molar-refractivity contribution is 5.91. The molecule has 1 aliphatic rings. The third kappa shape index (κ3) is 4.30. The lowest BCUT2D eigenvalue weighted by molar-refractivity contribution is 0.0915. The predicted octanol–water partition coefficient (Wildman–Crippen LogP) is 3.28. The van der Waals surface area contributed by atoms with E-state index < -0.39 is 0 Å². The number of nitrogens with one attached hydrogen (secondary N) is 1. The zero-order valence-corrected chi connectivity index (χ0v) is 18.9. The van der Waals surface area contributed by atoms with Crippen molar-refractivity contribution in [3.63, 3.8) is 0 Å². The molecule has 4 aromatic rings. The number of hydrogen-bond donors (Lipinski definition) is 1. The van der Waals surface area contributed by atoms with Crippen LogP contribution in [0.3, 0.4) is 0 Å². The molecule has 4 aromatic heterocycles. The lowest BCUT2D eigenvalue weighted by Gasteiger charge is -2.31. The SMILES string of the molecule is CN(CCNC(=O)c1ccc(Cn2c(=O)c3cccn3c3cccnc32)o1)C1CCCCC1. The number of amides is 1. The average Bonchev–Trinajstić information content (AvgIpc) is 3.52. The van der Waals surface area contributed by atoms with Gasteiger partial charge in [0, 0.05) is 31.5 Å². The van der Waals surface area contributed by atoms with E-state index >= 15 is 0 Å². The van der Waals surface area contributed by atoms with Gasteiger partial charge in [0.2, 0.25) is 0 Å². The van der Waals surface area contributed by atoms with E-state index in [0.717, 1.165) is 12.1 Å². The highest BCUT2D eigenvalue weighted by Crippen LogP contribution is 2.21. The zero-order chi connectivity index (χ0) is 22.8. The molecule has 0 radical (unpaired) electrons. The number of fused-ring (bicyclic) bond motifs is 3. The number of aromatic nitrogens is 3. The molecule has 8 heteroatoms. The van der Waals surface area contributed by atoms with E-state index in [1.165, 1.54) is 32.1 Å². The Bertz CT molecular complexity index is 1330. The van der Waals surface area contributed by atoms with Crippen LogP contribution in [0.15, 0.2) is 58.0 Å². The monoisotopic (exact) mass is 447 g/mol. The van der Waals surface area contributed by atoms with Gasteiger partial charge >= 0.3 is 0 Å². The zero-order valence-electron chi connectivity index (χ0n) is 18.9. The predicted molar refractivity (Wildman–Crippen MR) is 127 cm³/mol. The van der Waals surface area contributed by atoms with Crippen LogP contribution in [0.4, 0.5) is 0 Å². The number of pyridine rings is 1. The van der Waals surface area contributed by atoms with Gasteiger partial charge in [0.05, 0.1) is 12.1 Å². The standard InChI is InChI=1S/C25H29N5O3/c1-28(18-7-3-2-4-8-18)16-14-27-24(31)22-12-11-19(33-22)17-30-23-20(9-5-13-26-23)29-15-6-10-21(29)25(30)32/h5-6,9-13,15,18H,2-4,7-8,14,16-17H2,1H3,(H,27,31). The second kappa shape index (κ2) is 9.23. The first-order chi connectivity index (χ1) is 16.1. The number of hydrogen-bond acceptors (Lipinski definition) is 5. The van der Waals surface area contributed by atoms with E-state index in [2.05, 4.69) is 22.2 Å². The Morgan fingerprint density at radius 1 is 1.15 bits per heavy atom. The Hall–Kier alpha value is -3.39. The van der Waals surface area contributed by atoms with Gasteiger partial charge in [-0.3, -0.25) is 14.2 Å². The summed E-state index contributed by atoms with van der Waals surface area (Å²) in [5.41, 5.74) is 1.82. The van der Waals surface area contributed by atoms with Crippen LogP contribution in [0, 0.1) is 0 Å². The molecule has 0 aromatic carbocycles. The summed E-state index contributed by atoms with van der Waals surface area (Å²) >= 11 is 0. The Morgan fingerprint density at radius 3 is 2.82 bits per heavy atom. The van der Waals surface area contributed by atoms with Crippen molar-refractivity contribution >= 4 is 22.6 Å². The molecular weight excluding hydrogens is 418 g/mol. The van der Waals surface area contributed by atoms with Crippen LogP contribution >= 0.6 is 0 Å². The van der Waals surface area contributed by atoms with Crippen LogP contribution in [0.25, 0.3) is 16.7 Å².